The Kier molecular flexibility index (Phi) is 5.40. The largest absolute Gasteiger partial charge is 0.289 e. The number of nitrogens with zero attached hydrogens (tertiary/aromatic N) is 2. The van der Waals surface area contributed by atoms with Crippen LogP contribution in [0, 0.1) is 19.8 Å². The van der Waals surface area contributed by atoms with Crippen LogP contribution in [0.25, 0.3) is 6.08 Å². The minimum Gasteiger partial charge on any atom is -0.289 e. The first-order chi connectivity index (χ1) is 13.2. The summed E-state index contributed by atoms with van der Waals surface area (Å²) in [7, 11) is 0. The quantitative estimate of drug-likeness (QED) is 0.663. The lowest BCUT2D eigenvalue weighted by Gasteiger charge is -2.31. The van der Waals surface area contributed by atoms with Crippen molar-refractivity contribution in [1.29, 1.82) is 0 Å². The molecule has 140 valence electrons. The van der Waals surface area contributed by atoms with E-state index < -0.39 is 0 Å². The first kappa shape index (κ1) is 18.4. The van der Waals surface area contributed by atoms with Gasteiger partial charge in [0.25, 0.3) is 0 Å². The smallest absolute Gasteiger partial charge is 0.0814 e. The highest BCUT2D eigenvalue weighted by Gasteiger charge is 2.41. The van der Waals surface area contributed by atoms with E-state index in [0.29, 0.717) is 12.0 Å². The zero-order chi connectivity index (χ0) is 18.8. The molecular formula is C24H28N2S. The van der Waals surface area contributed by atoms with Gasteiger partial charge in [-0.3, -0.25) is 5.01 Å². The Morgan fingerprint density at radius 3 is 2.56 bits per heavy atom. The third kappa shape index (κ3) is 3.58. The van der Waals surface area contributed by atoms with E-state index in [1.165, 1.54) is 33.5 Å². The molecule has 2 aromatic rings. The lowest BCUT2D eigenvalue weighted by molar-refractivity contribution is 0.209. The normalized spacial score (nSPS) is 23.4. The molecule has 2 aliphatic heterocycles. The van der Waals surface area contributed by atoms with Crippen LogP contribution in [0.3, 0.4) is 0 Å². The minimum atomic E-state index is 0.370. The average Bonchev–Trinajstić information content (AvgIpc) is 3.03. The predicted molar refractivity (Wildman–Crippen MR) is 118 cm³/mol. The second-order valence-corrected chi connectivity index (χ2v) is 8.63. The molecule has 2 heterocycles. The van der Waals surface area contributed by atoms with Crippen LogP contribution in [0.4, 0.5) is 0 Å². The molecule has 0 saturated carbocycles. The molecular weight excluding hydrogens is 348 g/mol. The molecule has 0 spiro atoms. The number of thioether (sulfide) groups is 1. The van der Waals surface area contributed by atoms with E-state index in [0.717, 1.165) is 24.5 Å². The summed E-state index contributed by atoms with van der Waals surface area (Å²) in [5.41, 5.74) is 8.18. The van der Waals surface area contributed by atoms with E-state index >= 15 is 0 Å². The molecule has 0 bridgehead atoms. The summed E-state index contributed by atoms with van der Waals surface area (Å²) in [5.74, 6) is 2.69. The minimum absolute atomic E-state index is 0.370. The van der Waals surface area contributed by atoms with Crippen molar-refractivity contribution in [3.63, 3.8) is 0 Å². The molecule has 27 heavy (non-hydrogen) atoms. The number of hydrazone groups is 1. The maximum absolute atomic E-state index is 5.17. The number of benzene rings is 2. The molecule has 3 heteroatoms. The number of hydrogen-bond donors (Lipinski definition) is 0. The first-order valence-corrected chi connectivity index (χ1v) is 11.1. The summed E-state index contributed by atoms with van der Waals surface area (Å²) >= 11 is 2.05. The fourth-order valence-corrected chi connectivity index (χ4v) is 5.40. The number of aryl methyl sites for hydroxylation is 2. The van der Waals surface area contributed by atoms with Crippen LogP contribution in [0.15, 0.2) is 59.2 Å². The van der Waals surface area contributed by atoms with Gasteiger partial charge in [0.2, 0.25) is 0 Å². The van der Waals surface area contributed by atoms with E-state index in [-0.39, 0.29) is 0 Å². The van der Waals surface area contributed by atoms with Crippen LogP contribution in [-0.4, -0.2) is 28.8 Å². The Morgan fingerprint density at radius 1 is 1.07 bits per heavy atom. The molecule has 0 aromatic heterocycles. The van der Waals surface area contributed by atoms with Crippen molar-refractivity contribution < 1.29 is 0 Å². The van der Waals surface area contributed by atoms with Gasteiger partial charge in [-0.2, -0.15) is 16.9 Å². The van der Waals surface area contributed by atoms with Crippen molar-refractivity contribution in [2.45, 2.75) is 33.2 Å². The van der Waals surface area contributed by atoms with Crippen molar-refractivity contribution >= 4 is 23.5 Å². The van der Waals surface area contributed by atoms with E-state index in [1.807, 2.05) is 0 Å². The lowest BCUT2D eigenvalue weighted by Crippen LogP contribution is -2.31. The number of fused-ring (bicyclic) bond motifs is 1. The van der Waals surface area contributed by atoms with Gasteiger partial charge in [-0.05, 0) is 54.2 Å². The predicted octanol–water partition coefficient (Wildman–Crippen LogP) is 5.87. The van der Waals surface area contributed by atoms with Crippen LogP contribution < -0.4 is 0 Å². The van der Waals surface area contributed by atoms with Gasteiger partial charge in [-0.1, -0.05) is 55.5 Å². The van der Waals surface area contributed by atoms with Gasteiger partial charge < -0.3 is 0 Å². The van der Waals surface area contributed by atoms with E-state index in [4.69, 9.17) is 5.10 Å². The van der Waals surface area contributed by atoms with Crippen molar-refractivity contribution in [3.05, 3.63) is 76.4 Å². The number of rotatable bonds is 4. The van der Waals surface area contributed by atoms with Gasteiger partial charge in [0.15, 0.2) is 0 Å². The average molecular weight is 377 g/mol. The second kappa shape index (κ2) is 7.93. The third-order valence-electron chi connectivity index (χ3n) is 5.65. The topological polar surface area (TPSA) is 15.6 Å². The van der Waals surface area contributed by atoms with Gasteiger partial charge in [-0.15, -0.1) is 0 Å². The monoisotopic (exact) mass is 376 g/mol. The Hall–Kier alpha value is -2.00. The van der Waals surface area contributed by atoms with Gasteiger partial charge in [0, 0.05) is 24.0 Å². The molecule has 4 rings (SSSR count). The Labute approximate surface area is 167 Å². The molecule has 0 amide bonds. The highest BCUT2D eigenvalue weighted by molar-refractivity contribution is 7.99. The summed E-state index contributed by atoms with van der Waals surface area (Å²) in [6, 6.07) is 17.9. The first-order valence-electron chi connectivity index (χ1n) is 9.94. The Morgan fingerprint density at radius 2 is 1.81 bits per heavy atom. The SMILES string of the molecule is CCCN1N=C2/C(=C/c3ccccc3C)CSCC2C1c1ccccc1C. The summed E-state index contributed by atoms with van der Waals surface area (Å²) < 4.78 is 0. The molecule has 2 atom stereocenters. The fraction of sp³-hybridized carbons (Fsp3) is 0.375. The Bertz CT molecular complexity index is 883. The van der Waals surface area contributed by atoms with Crippen molar-refractivity contribution in [1.82, 2.24) is 5.01 Å². The van der Waals surface area contributed by atoms with Crippen LogP contribution in [-0.2, 0) is 0 Å². The molecule has 1 fully saturated rings. The zero-order valence-electron chi connectivity index (χ0n) is 16.5. The summed E-state index contributed by atoms with van der Waals surface area (Å²) in [6.45, 7) is 7.69. The van der Waals surface area contributed by atoms with Crippen molar-refractivity contribution in [2.24, 2.45) is 11.0 Å². The summed E-state index contributed by atoms with van der Waals surface area (Å²) in [4.78, 5) is 0. The molecule has 0 radical (unpaired) electrons. The van der Waals surface area contributed by atoms with Crippen molar-refractivity contribution in [2.75, 3.05) is 18.1 Å². The Balaban J connectivity index is 1.74. The molecule has 2 nitrogen and oxygen atoms in total. The maximum atomic E-state index is 5.17. The highest BCUT2D eigenvalue weighted by atomic mass is 32.2. The molecule has 2 aliphatic rings. The van der Waals surface area contributed by atoms with Crippen molar-refractivity contribution in [3.8, 4) is 0 Å². The second-order valence-electron chi connectivity index (χ2n) is 7.60. The van der Waals surface area contributed by atoms with Gasteiger partial charge in [-0.25, -0.2) is 0 Å². The van der Waals surface area contributed by atoms with Crippen LogP contribution in [0.5, 0.6) is 0 Å². The third-order valence-corrected chi connectivity index (χ3v) is 6.76. The number of hydrogen-bond acceptors (Lipinski definition) is 3. The standard InChI is InChI=1S/C24H28N2S/c1-4-13-26-24(21-12-8-6-10-18(21)3)22-16-27-15-20(23(22)25-26)14-19-11-7-5-9-17(19)2/h5-12,14,22,24H,4,13,15-16H2,1-3H3/b20-14+. The van der Waals surface area contributed by atoms with Gasteiger partial charge in [0.1, 0.15) is 0 Å². The lowest BCUT2D eigenvalue weighted by atomic mass is 9.86. The molecule has 1 saturated heterocycles. The maximum Gasteiger partial charge on any atom is 0.0814 e. The molecule has 2 unspecified atom stereocenters. The van der Waals surface area contributed by atoms with E-state index in [9.17, 15) is 0 Å². The fourth-order valence-electron chi connectivity index (χ4n) is 4.24. The van der Waals surface area contributed by atoms with Crippen LogP contribution >= 0.6 is 11.8 Å². The van der Waals surface area contributed by atoms with E-state index in [2.05, 4.69) is 92.1 Å². The zero-order valence-corrected chi connectivity index (χ0v) is 17.3. The van der Waals surface area contributed by atoms with Gasteiger partial charge in [0.05, 0.1) is 11.8 Å². The highest BCUT2D eigenvalue weighted by Crippen LogP contribution is 2.44. The summed E-state index contributed by atoms with van der Waals surface area (Å²) in [5, 5.41) is 7.54. The summed E-state index contributed by atoms with van der Waals surface area (Å²) in [6.07, 6.45) is 3.49. The van der Waals surface area contributed by atoms with Crippen LogP contribution in [0.1, 0.15) is 41.6 Å². The molecule has 2 aromatic carbocycles. The van der Waals surface area contributed by atoms with Gasteiger partial charge >= 0.3 is 0 Å². The molecule has 0 aliphatic carbocycles. The molecule has 0 N–H and O–H groups in total. The van der Waals surface area contributed by atoms with Crippen LogP contribution in [0.2, 0.25) is 0 Å². The van der Waals surface area contributed by atoms with E-state index in [1.54, 1.807) is 0 Å².